The maximum Gasteiger partial charge on any atom is 0.211 e. The highest BCUT2D eigenvalue weighted by Crippen LogP contribution is 2.30. The zero-order valence-electron chi connectivity index (χ0n) is 10.8. The van der Waals surface area contributed by atoms with Crippen LogP contribution in [-0.4, -0.2) is 32.3 Å². The molecule has 0 spiro atoms. The molecule has 2 aliphatic rings. The molecule has 3 rings (SSSR count). The van der Waals surface area contributed by atoms with Crippen molar-refractivity contribution >= 4 is 21.4 Å². The lowest BCUT2D eigenvalue weighted by Crippen LogP contribution is -2.34. The number of rotatable bonds is 3. The maximum absolute atomic E-state index is 12.4. The number of allylic oxidation sites excluding steroid dienone is 2. The molecule has 1 aromatic rings. The van der Waals surface area contributed by atoms with Gasteiger partial charge in [-0.05, 0) is 12.8 Å². The molecule has 20 heavy (non-hydrogen) atoms. The molecule has 5 nitrogen and oxygen atoms in total. The highest BCUT2D eigenvalue weighted by Gasteiger charge is 2.39. The second kappa shape index (κ2) is 4.28. The fraction of sp³-hybridized carbons (Fsp3) is 0.286. The summed E-state index contributed by atoms with van der Waals surface area (Å²) in [4.78, 5) is 24.4. The topological polar surface area (TPSA) is 80.3 Å². The molecular weight excluding hydrogens is 278 g/mol. The van der Waals surface area contributed by atoms with Crippen LogP contribution >= 0.6 is 0 Å². The van der Waals surface area contributed by atoms with Gasteiger partial charge in [-0.15, -0.1) is 0 Å². The van der Waals surface area contributed by atoms with E-state index in [-0.39, 0.29) is 22.9 Å². The Bertz CT molecular complexity index is 757. The number of carbonyl (C=O) groups excluding carboxylic acids is 2. The van der Waals surface area contributed by atoms with Crippen LogP contribution in [0.25, 0.3) is 0 Å². The van der Waals surface area contributed by atoms with Crippen molar-refractivity contribution in [1.82, 2.24) is 5.32 Å². The quantitative estimate of drug-likeness (QED) is 0.901. The Morgan fingerprint density at radius 1 is 1.05 bits per heavy atom. The molecule has 0 unspecified atom stereocenters. The van der Waals surface area contributed by atoms with Crippen molar-refractivity contribution in [1.29, 1.82) is 0 Å². The number of ketones is 2. The van der Waals surface area contributed by atoms with Crippen molar-refractivity contribution < 1.29 is 18.0 Å². The first-order valence-electron chi connectivity index (χ1n) is 6.29. The van der Waals surface area contributed by atoms with Crippen LogP contribution in [0.5, 0.6) is 0 Å². The van der Waals surface area contributed by atoms with E-state index in [1.54, 1.807) is 18.2 Å². The molecule has 0 aliphatic heterocycles. The summed E-state index contributed by atoms with van der Waals surface area (Å²) in [5.74, 6) is -1.03. The molecule has 0 radical (unpaired) electrons. The molecule has 1 aromatic carbocycles. The van der Waals surface area contributed by atoms with Gasteiger partial charge in [0.25, 0.3) is 0 Å². The van der Waals surface area contributed by atoms with Crippen molar-refractivity contribution in [2.75, 3.05) is 6.26 Å². The summed E-state index contributed by atoms with van der Waals surface area (Å²) in [7, 11) is -3.77. The second-order valence-electron chi connectivity index (χ2n) is 5.10. The normalized spacial score (nSPS) is 19.1. The molecule has 0 atom stereocenters. The molecule has 6 heteroatoms. The number of hydrogen-bond donors (Lipinski definition) is 1. The minimum Gasteiger partial charge on any atom is -0.378 e. The van der Waals surface area contributed by atoms with Gasteiger partial charge in [0.05, 0.1) is 0 Å². The van der Waals surface area contributed by atoms with Crippen LogP contribution in [0.3, 0.4) is 0 Å². The van der Waals surface area contributed by atoms with Crippen molar-refractivity contribution in [3.05, 3.63) is 46.0 Å². The van der Waals surface area contributed by atoms with Crippen molar-refractivity contribution in [2.45, 2.75) is 18.9 Å². The van der Waals surface area contributed by atoms with Gasteiger partial charge in [0, 0.05) is 23.4 Å². The fourth-order valence-electron chi connectivity index (χ4n) is 2.27. The first-order valence-corrected chi connectivity index (χ1v) is 8.18. The maximum atomic E-state index is 12.4. The number of carbonyl (C=O) groups is 2. The Kier molecular flexibility index (Phi) is 2.79. The summed E-state index contributed by atoms with van der Waals surface area (Å²) in [6.45, 7) is 0. The Morgan fingerprint density at radius 3 is 2.10 bits per heavy atom. The molecule has 2 aliphatic carbocycles. The van der Waals surface area contributed by atoms with Crippen LogP contribution < -0.4 is 5.32 Å². The predicted octanol–water partition coefficient (Wildman–Crippen LogP) is 1.07. The summed E-state index contributed by atoms with van der Waals surface area (Å²) in [5, 5.41) is 2.90. The lowest BCUT2D eigenvalue weighted by atomic mass is 9.92. The molecule has 0 saturated heterocycles. The van der Waals surface area contributed by atoms with Gasteiger partial charge in [-0.2, -0.15) is 0 Å². The zero-order chi connectivity index (χ0) is 14.5. The van der Waals surface area contributed by atoms with E-state index in [1.165, 1.54) is 6.07 Å². The van der Waals surface area contributed by atoms with Crippen LogP contribution in [-0.2, 0) is 9.84 Å². The third-order valence-electron chi connectivity index (χ3n) is 3.37. The van der Waals surface area contributed by atoms with Crippen LogP contribution in [0.4, 0.5) is 0 Å². The van der Waals surface area contributed by atoms with Crippen LogP contribution in [0.2, 0.25) is 0 Å². The molecule has 1 saturated carbocycles. The average molecular weight is 291 g/mol. The van der Waals surface area contributed by atoms with Crippen molar-refractivity contribution in [3.63, 3.8) is 0 Å². The number of hydrogen-bond acceptors (Lipinski definition) is 5. The minimum absolute atomic E-state index is 0.0706. The third kappa shape index (κ3) is 2.06. The van der Waals surface area contributed by atoms with Crippen LogP contribution in [0, 0.1) is 0 Å². The number of fused-ring (bicyclic) bond motifs is 1. The van der Waals surface area contributed by atoms with Gasteiger partial charge >= 0.3 is 0 Å². The Morgan fingerprint density at radius 2 is 1.60 bits per heavy atom. The molecule has 1 N–H and O–H groups in total. The molecular formula is C14H13NO4S. The Labute approximate surface area is 116 Å². The largest absolute Gasteiger partial charge is 0.378 e. The van der Waals surface area contributed by atoms with E-state index in [9.17, 15) is 18.0 Å². The first kappa shape index (κ1) is 13.1. The van der Waals surface area contributed by atoms with E-state index in [1.807, 2.05) is 0 Å². The monoisotopic (exact) mass is 291 g/mol. The van der Waals surface area contributed by atoms with E-state index in [0.717, 1.165) is 19.1 Å². The average Bonchev–Trinajstić information content (AvgIpc) is 3.18. The van der Waals surface area contributed by atoms with E-state index >= 15 is 0 Å². The minimum atomic E-state index is -3.77. The van der Waals surface area contributed by atoms with Crippen molar-refractivity contribution in [2.24, 2.45) is 0 Å². The molecule has 0 bridgehead atoms. The Hall–Kier alpha value is -1.95. The number of nitrogens with one attached hydrogen (secondary N) is 1. The van der Waals surface area contributed by atoms with Crippen LogP contribution in [0.15, 0.2) is 34.9 Å². The number of benzene rings is 1. The summed E-state index contributed by atoms with van der Waals surface area (Å²) in [6.07, 6.45) is 2.71. The van der Waals surface area contributed by atoms with E-state index in [4.69, 9.17) is 0 Å². The van der Waals surface area contributed by atoms with Gasteiger partial charge in [-0.25, -0.2) is 8.42 Å². The summed E-state index contributed by atoms with van der Waals surface area (Å²) in [6, 6.07) is 6.38. The lowest BCUT2D eigenvalue weighted by Gasteiger charge is -2.20. The second-order valence-corrected chi connectivity index (χ2v) is 7.05. The zero-order valence-corrected chi connectivity index (χ0v) is 11.7. The van der Waals surface area contributed by atoms with Crippen LogP contribution in [0.1, 0.15) is 33.6 Å². The van der Waals surface area contributed by atoms with E-state index in [0.29, 0.717) is 0 Å². The Balaban J connectivity index is 2.23. The molecule has 0 aromatic heterocycles. The van der Waals surface area contributed by atoms with Gasteiger partial charge in [-0.3, -0.25) is 9.59 Å². The fourth-order valence-corrected chi connectivity index (χ4v) is 3.24. The van der Waals surface area contributed by atoms with E-state index < -0.39 is 26.3 Å². The summed E-state index contributed by atoms with van der Waals surface area (Å²) in [5.41, 5.74) is 0.339. The number of sulfone groups is 1. The highest BCUT2D eigenvalue weighted by molar-refractivity contribution is 7.95. The smallest absolute Gasteiger partial charge is 0.211 e. The molecule has 0 heterocycles. The standard InChI is InChI=1S/C14H13NO4S/c1-20(18,19)14-11(15-8-6-7-8)12(16)9-4-2-3-5-10(9)13(14)17/h2-5,8,15H,6-7H2,1H3. The number of Topliss-reactive ketones (excluding diaryl/α,β-unsaturated/α-hetero) is 2. The van der Waals surface area contributed by atoms with Gasteiger partial charge in [0.15, 0.2) is 9.84 Å². The third-order valence-corrected chi connectivity index (χ3v) is 4.50. The van der Waals surface area contributed by atoms with Gasteiger partial charge < -0.3 is 5.32 Å². The summed E-state index contributed by atoms with van der Waals surface area (Å²) < 4.78 is 23.8. The van der Waals surface area contributed by atoms with Gasteiger partial charge in [0.1, 0.15) is 10.6 Å². The highest BCUT2D eigenvalue weighted by atomic mass is 32.2. The SMILES string of the molecule is CS(=O)(=O)C1=C(NC2CC2)C(=O)c2ccccc2C1=O. The van der Waals surface area contributed by atoms with Gasteiger partial charge in [-0.1, -0.05) is 24.3 Å². The molecule has 1 fully saturated rings. The lowest BCUT2D eigenvalue weighted by molar-refractivity contribution is 0.0974. The van der Waals surface area contributed by atoms with E-state index in [2.05, 4.69) is 5.32 Å². The first-order chi connectivity index (χ1) is 9.39. The molecule has 0 amide bonds. The molecule has 104 valence electrons. The van der Waals surface area contributed by atoms with Crippen molar-refractivity contribution in [3.8, 4) is 0 Å². The van der Waals surface area contributed by atoms with Gasteiger partial charge in [0.2, 0.25) is 11.6 Å². The predicted molar refractivity (Wildman–Crippen MR) is 73.1 cm³/mol. The summed E-state index contributed by atoms with van der Waals surface area (Å²) >= 11 is 0.